The number of hydrogen-bond acceptors (Lipinski definition) is 4. The molecule has 0 atom stereocenters. The lowest BCUT2D eigenvalue weighted by Crippen LogP contribution is -2.13. The van der Waals surface area contributed by atoms with Gasteiger partial charge in [0.2, 0.25) is 0 Å². The Hall–Kier alpha value is -7.56. The number of anilines is 6. The van der Waals surface area contributed by atoms with Crippen molar-refractivity contribution in [2.45, 2.75) is 53.9 Å². The minimum absolute atomic E-state index is 0.0874. The molecule has 4 heteroatoms. The van der Waals surface area contributed by atoms with E-state index in [0.717, 1.165) is 89.1 Å². The van der Waals surface area contributed by atoms with Gasteiger partial charge < -0.3 is 18.6 Å². The molecule has 4 nitrogen and oxygen atoms in total. The van der Waals surface area contributed by atoms with Crippen LogP contribution in [0.1, 0.15) is 48.6 Å². The van der Waals surface area contributed by atoms with Crippen molar-refractivity contribution in [3.8, 4) is 0 Å². The quantitative estimate of drug-likeness (QED) is 0.156. The number of rotatable bonds is 6. The lowest BCUT2D eigenvalue weighted by atomic mass is 9.86. The second-order valence-corrected chi connectivity index (χ2v) is 18.8. The molecule has 0 radical (unpaired) electrons. The van der Waals surface area contributed by atoms with Gasteiger partial charge in [0.25, 0.3) is 0 Å². The van der Waals surface area contributed by atoms with Gasteiger partial charge in [-0.3, -0.25) is 0 Å². The van der Waals surface area contributed by atoms with Crippen molar-refractivity contribution in [2.24, 2.45) is 0 Å². The first kappa shape index (κ1) is 38.1. The SMILES string of the molecule is Cc1cccc(N(c2ccc3ccc4c(N(c5cccc(C)c5)c5c(C)ccc6c5oc5c(C(C)(C)C)cccc56)ccc5ccc2c3c54)c2c(C)ccc3c2oc2ccccc23)c1. The first-order valence-corrected chi connectivity index (χ1v) is 22.3. The molecule has 10 aromatic carbocycles. The summed E-state index contributed by atoms with van der Waals surface area (Å²) >= 11 is 0. The van der Waals surface area contributed by atoms with Crippen molar-refractivity contribution in [1.82, 2.24) is 0 Å². The van der Waals surface area contributed by atoms with Gasteiger partial charge in [-0.25, -0.2) is 0 Å². The Bertz CT molecular complexity index is 3840. The van der Waals surface area contributed by atoms with Gasteiger partial charge in [0.15, 0.2) is 11.2 Å². The largest absolute Gasteiger partial charge is 0.454 e. The third-order valence-corrected chi connectivity index (χ3v) is 13.4. The number of aryl methyl sites for hydroxylation is 4. The lowest BCUT2D eigenvalue weighted by Gasteiger charge is -2.30. The summed E-state index contributed by atoms with van der Waals surface area (Å²) in [5.74, 6) is 0. The van der Waals surface area contributed by atoms with Crippen LogP contribution in [0.15, 0.2) is 173 Å². The fourth-order valence-electron chi connectivity index (χ4n) is 10.4. The van der Waals surface area contributed by atoms with Gasteiger partial charge in [-0.05, 0) is 119 Å². The van der Waals surface area contributed by atoms with E-state index >= 15 is 0 Å². The van der Waals surface area contributed by atoms with Crippen LogP contribution in [0.2, 0.25) is 0 Å². The molecule has 0 saturated heterocycles. The summed E-state index contributed by atoms with van der Waals surface area (Å²) in [4.78, 5) is 4.87. The molecule has 0 unspecified atom stereocenters. The van der Waals surface area contributed by atoms with Crippen molar-refractivity contribution in [3.63, 3.8) is 0 Å². The Morgan fingerprint density at radius 1 is 0.391 bits per heavy atom. The van der Waals surface area contributed by atoms with E-state index < -0.39 is 0 Å². The van der Waals surface area contributed by atoms with Crippen molar-refractivity contribution in [2.75, 3.05) is 9.80 Å². The Morgan fingerprint density at radius 2 is 0.859 bits per heavy atom. The smallest absolute Gasteiger partial charge is 0.159 e. The van der Waals surface area contributed by atoms with E-state index in [0.29, 0.717) is 0 Å². The standard InChI is InChI=1S/C60H48N2O2/c1-35-13-10-15-41(33-35)61(55-37(3)21-27-45-43-17-8-9-20-52(43)63-58(45)55)50-31-25-39-24-30-48-51(32-26-40-23-29-47(50)53(39)54(40)48)62(42-16-11-14-36(2)34-42)56-38(4)22-28-46-44-18-12-19-49(60(5,6)7)57(44)64-59(46)56/h8-34H,1-7H3. The predicted molar refractivity (Wildman–Crippen MR) is 272 cm³/mol. The van der Waals surface area contributed by atoms with Crippen molar-refractivity contribution in [1.29, 1.82) is 0 Å². The second kappa shape index (κ2) is 14.0. The Balaban J connectivity index is 1.15. The van der Waals surface area contributed by atoms with Gasteiger partial charge in [0, 0.05) is 49.3 Å². The molecule has 0 aliphatic carbocycles. The van der Waals surface area contributed by atoms with Crippen LogP contribution in [-0.2, 0) is 5.41 Å². The highest BCUT2D eigenvalue weighted by molar-refractivity contribution is 6.29. The third kappa shape index (κ3) is 5.68. The zero-order chi connectivity index (χ0) is 43.6. The highest BCUT2D eigenvalue weighted by Crippen LogP contribution is 2.52. The summed E-state index contributed by atoms with van der Waals surface area (Å²) in [6, 6.07) is 60.0. The molecule has 12 aromatic rings. The monoisotopic (exact) mass is 828 g/mol. The molecule has 0 N–H and O–H groups in total. The van der Waals surface area contributed by atoms with Crippen LogP contribution in [0.4, 0.5) is 34.1 Å². The van der Waals surface area contributed by atoms with E-state index in [1.54, 1.807) is 0 Å². The number of para-hydroxylation sites is 2. The van der Waals surface area contributed by atoms with Crippen molar-refractivity contribution in [3.05, 3.63) is 192 Å². The Morgan fingerprint density at radius 3 is 1.42 bits per heavy atom. The van der Waals surface area contributed by atoms with E-state index in [9.17, 15) is 0 Å². The normalized spacial score (nSPS) is 12.3. The van der Waals surface area contributed by atoms with E-state index in [2.05, 4.69) is 216 Å². The first-order valence-electron chi connectivity index (χ1n) is 22.3. The maximum Gasteiger partial charge on any atom is 0.159 e. The summed E-state index contributed by atoms with van der Waals surface area (Å²) in [5.41, 5.74) is 15.9. The van der Waals surface area contributed by atoms with Crippen molar-refractivity contribution >= 4 is 110 Å². The average Bonchev–Trinajstić information content (AvgIpc) is 3.86. The van der Waals surface area contributed by atoms with Crippen LogP contribution < -0.4 is 9.80 Å². The third-order valence-electron chi connectivity index (χ3n) is 13.4. The fraction of sp³-hybridized carbons (Fsp3) is 0.133. The maximum absolute atomic E-state index is 7.14. The molecule has 2 aromatic heterocycles. The molecule has 0 aliphatic rings. The topological polar surface area (TPSA) is 32.8 Å². The van der Waals surface area contributed by atoms with Crippen LogP contribution in [0.5, 0.6) is 0 Å². The molecular formula is C60H48N2O2. The van der Waals surface area contributed by atoms with Crippen LogP contribution in [0, 0.1) is 27.7 Å². The van der Waals surface area contributed by atoms with Gasteiger partial charge in [0.05, 0.1) is 22.7 Å². The number of fused-ring (bicyclic) bond motifs is 6. The van der Waals surface area contributed by atoms with Crippen LogP contribution in [0.3, 0.4) is 0 Å². The molecular weight excluding hydrogens is 781 g/mol. The number of benzene rings is 10. The van der Waals surface area contributed by atoms with Crippen molar-refractivity contribution < 1.29 is 8.83 Å². The highest BCUT2D eigenvalue weighted by atomic mass is 16.3. The van der Waals surface area contributed by atoms with E-state index in [-0.39, 0.29) is 5.41 Å². The molecule has 0 fully saturated rings. The minimum atomic E-state index is -0.0874. The van der Waals surface area contributed by atoms with Gasteiger partial charge >= 0.3 is 0 Å². The zero-order valence-corrected chi connectivity index (χ0v) is 37.3. The Kier molecular flexibility index (Phi) is 8.33. The van der Waals surface area contributed by atoms with E-state index in [4.69, 9.17) is 8.83 Å². The minimum Gasteiger partial charge on any atom is -0.454 e. The van der Waals surface area contributed by atoms with Crippen LogP contribution in [-0.4, -0.2) is 0 Å². The van der Waals surface area contributed by atoms with Gasteiger partial charge in [-0.2, -0.15) is 0 Å². The van der Waals surface area contributed by atoms with Crippen LogP contribution >= 0.6 is 0 Å². The zero-order valence-electron chi connectivity index (χ0n) is 37.3. The summed E-state index contributed by atoms with van der Waals surface area (Å²) in [6.07, 6.45) is 0. The fourth-order valence-corrected chi connectivity index (χ4v) is 10.4. The molecule has 0 saturated carbocycles. The average molecular weight is 829 g/mol. The number of furan rings is 2. The molecule has 0 bridgehead atoms. The number of hydrogen-bond donors (Lipinski definition) is 0. The first-order chi connectivity index (χ1) is 31.0. The highest BCUT2D eigenvalue weighted by Gasteiger charge is 2.28. The molecule has 310 valence electrons. The van der Waals surface area contributed by atoms with E-state index in [1.165, 1.54) is 49.0 Å². The molecule has 12 rings (SSSR count). The Labute approximate surface area is 372 Å². The summed E-state index contributed by atoms with van der Waals surface area (Å²) in [5, 5.41) is 11.7. The maximum atomic E-state index is 7.14. The molecule has 0 spiro atoms. The summed E-state index contributed by atoms with van der Waals surface area (Å²) in [6.45, 7) is 15.5. The molecule has 64 heavy (non-hydrogen) atoms. The second-order valence-electron chi connectivity index (χ2n) is 18.8. The van der Waals surface area contributed by atoms with Crippen LogP contribution in [0.25, 0.3) is 76.2 Å². The molecule has 0 amide bonds. The number of nitrogens with zero attached hydrogens (tertiary/aromatic N) is 2. The molecule has 0 aliphatic heterocycles. The van der Waals surface area contributed by atoms with Gasteiger partial charge in [-0.15, -0.1) is 0 Å². The van der Waals surface area contributed by atoms with E-state index in [1.807, 2.05) is 6.07 Å². The predicted octanol–water partition coefficient (Wildman–Crippen LogP) is 17.9. The van der Waals surface area contributed by atoms with Gasteiger partial charge in [-0.1, -0.05) is 142 Å². The lowest BCUT2D eigenvalue weighted by molar-refractivity contribution is 0.573. The summed E-state index contributed by atoms with van der Waals surface area (Å²) < 4.78 is 13.9. The molecule has 2 heterocycles. The summed E-state index contributed by atoms with van der Waals surface area (Å²) in [7, 11) is 0. The van der Waals surface area contributed by atoms with Gasteiger partial charge in [0.1, 0.15) is 11.2 Å².